The van der Waals surface area contributed by atoms with E-state index in [2.05, 4.69) is 5.32 Å². The van der Waals surface area contributed by atoms with E-state index in [-0.39, 0.29) is 18.0 Å². The van der Waals surface area contributed by atoms with Crippen LogP contribution in [0.3, 0.4) is 0 Å². The van der Waals surface area contributed by atoms with Crippen molar-refractivity contribution in [1.29, 1.82) is 0 Å². The molecule has 0 spiro atoms. The maximum absolute atomic E-state index is 12.6. The average Bonchev–Trinajstić information content (AvgIpc) is 2.45. The second kappa shape index (κ2) is 5.34. The van der Waals surface area contributed by atoms with Gasteiger partial charge in [0.25, 0.3) is 0 Å². The fourth-order valence-corrected chi connectivity index (χ4v) is 3.33. The average molecular weight is 301 g/mol. The number of allylic oxidation sites excluding steroid dienone is 1. The number of nitrogens with one attached hydrogen (secondary N) is 1. The second-order valence-corrected chi connectivity index (χ2v) is 6.42. The van der Waals surface area contributed by atoms with E-state index in [0.717, 1.165) is 35.4 Å². The largest absolute Gasteiger partial charge is 0.468 e. The van der Waals surface area contributed by atoms with E-state index in [1.165, 1.54) is 0 Å². The van der Waals surface area contributed by atoms with Gasteiger partial charge in [-0.05, 0) is 33.3 Å². The van der Waals surface area contributed by atoms with Crippen LogP contribution >= 0.6 is 0 Å². The normalized spacial score (nSPS) is 27.4. The van der Waals surface area contributed by atoms with Crippen LogP contribution in [-0.4, -0.2) is 17.8 Å². The van der Waals surface area contributed by atoms with Crippen LogP contribution in [0.4, 0.5) is 0 Å². The van der Waals surface area contributed by atoms with Gasteiger partial charge in [-0.15, -0.1) is 0 Å². The molecule has 0 saturated heterocycles. The first-order valence-corrected chi connectivity index (χ1v) is 7.91. The molecule has 0 fully saturated rings. The van der Waals surface area contributed by atoms with Crippen LogP contribution in [0.15, 0.2) is 35.5 Å². The maximum atomic E-state index is 12.6. The van der Waals surface area contributed by atoms with E-state index in [9.17, 15) is 4.79 Å². The molecule has 2 heterocycles. The van der Waals surface area contributed by atoms with Gasteiger partial charge >= 0.3 is 5.97 Å². The van der Waals surface area contributed by atoms with Crippen molar-refractivity contribution in [2.45, 2.75) is 58.3 Å². The minimum atomic E-state index is -0.469. The molecule has 4 nitrogen and oxygen atoms in total. The van der Waals surface area contributed by atoms with Gasteiger partial charge in [0.1, 0.15) is 5.75 Å². The van der Waals surface area contributed by atoms with E-state index in [0.29, 0.717) is 0 Å². The number of ether oxygens (including phenoxy) is 2. The summed E-state index contributed by atoms with van der Waals surface area (Å²) in [6, 6.07) is 7.94. The molecule has 3 atom stereocenters. The number of para-hydroxylation sites is 1. The third-order valence-electron chi connectivity index (χ3n) is 4.53. The first kappa shape index (κ1) is 14.9. The van der Waals surface area contributed by atoms with Crippen molar-refractivity contribution in [1.82, 2.24) is 5.32 Å². The number of hydrogen-bond donors (Lipinski definition) is 1. The number of esters is 1. The Balaban J connectivity index is 2.01. The molecule has 4 heteroatoms. The van der Waals surface area contributed by atoms with Gasteiger partial charge in [-0.25, -0.2) is 4.79 Å². The minimum absolute atomic E-state index is 0.0211. The van der Waals surface area contributed by atoms with E-state index < -0.39 is 5.72 Å². The Morgan fingerprint density at radius 3 is 2.95 bits per heavy atom. The highest BCUT2D eigenvalue weighted by molar-refractivity contribution is 5.92. The summed E-state index contributed by atoms with van der Waals surface area (Å²) in [6.07, 6.45) is 1.47. The molecule has 3 rings (SSSR count). The Hall–Kier alpha value is -1.97. The smallest absolute Gasteiger partial charge is 0.336 e. The van der Waals surface area contributed by atoms with Crippen molar-refractivity contribution >= 4 is 5.97 Å². The highest BCUT2D eigenvalue weighted by atomic mass is 16.5. The highest BCUT2D eigenvalue weighted by Gasteiger charge is 2.45. The predicted molar refractivity (Wildman–Crippen MR) is 84.5 cm³/mol. The molecule has 2 aliphatic heterocycles. The van der Waals surface area contributed by atoms with Gasteiger partial charge in [-0.3, -0.25) is 0 Å². The highest BCUT2D eigenvalue weighted by Crippen LogP contribution is 2.47. The molecular formula is C18H23NO3. The Morgan fingerprint density at radius 1 is 1.50 bits per heavy atom. The van der Waals surface area contributed by atoms with E-state index in [1.807, 2.05) is 52.0 Å². The summed E-state index contributed by atoms with van der Waals surface area (Å²) in [5.41, 5.74) is 2.18. The van der Waals surface area contributed by atoms with E-state index in [1.54, 1.807) is 0 Å². The Kier molecular flexibility index (Phi) is 3.63. The van der Waals surface area contributed by atoms with Crippen molar-refractivity contribution in [3.8, 4) is 5.75 Å². The number of hydrogen-bond acceptors (Lipinski definition) is 4. The fourth-order valence-electron chi connectivity index (χ4n) is 3.33. The molecule has 1 N–H and O–H groups in total. The first-order valence-electron chi connectivity index (χ1n) is 7.91. The number of benzene rings is 1. The van der Waals surface area contributed by atoms with Gasteiger partial charge < -0.3 is 14.8 Å². The zero-order valence-electron chi connectivity index (χ0n) is 13.6. The molecule has 0 radical (unpaired) electrons. The predicted octanol–water partition coefficient (Wildman–Crippen LogP) is 3.49. The molecule has 1 aromatic rings. The first-order chi connectivity index (χ1) is 10.4. The lowest BCUT2D eigenvalue weighted by atomic mass is 9.78. The summed E-state index contributed by atoms with van der Waals surface area (Å²) in [6.45, 7) is 7.89. The molecular weight excluding hydrogens is 278 g/mol. The van der Waals surface area contributed by atoms with Crippen LogP contribution in [0.5, 0.6) is 5.75 Å². The third kappa shape index (κ3) is 2.47. The van der Waals surface area contributed by atoms with E-state index >= 15 is 0 Å². The van der Waals surface area contributed by atoms with Gasteiger partial charge in [0.05, 0.1) is 11.7 Å². The number of fused-ring (bicyclic) bond motifs is 4. The van der Waals surface area contributed by atoms with Crippen LogP contribution in [-0.2, 0) is 9.53 Å². The Morgan fingerprint density at radius 2 is 2.23 bits per heavy atom. The van der Waals surface area contributed by atoms with Crippen LogP contribution in [0.1, 0.15) is 52.0 Å². The summed E-state index contributed by atoms with van der Waals surface area (Å²) < 4.78 is 11.7. The van der Waals surface area contributed by atoms with Gasteiger partial charge in [0, 0.05) is 23.6 Å². The van der Waals surface area contributed by atoms with Crippen LogP contribution < -0.4 is 10.1 Å². The van der Waals surface area contributed by atoms with Gasteiger partial charge in [-0.2, -0.15) is 0 Å². The SMILES string of the molecule is CCC(C)OC(=O)C1=C(C)NC2(C)CC1c1ccccc1O2. The number of rotatable bonds is 3. The minimum Gasteiger partial charge on any atom is -0.468 e. The molecule has 2 bridgehead atoms. The standard InChI is InChI=1S/C18H23NO3/c1-5-11(2)21-17(20)16-12(3)19-18(4)10-14(16)13-8-6-7-9-15(13)22-18/h6-9,11,14,19H,5,10H2,1-4H3. The lowest BCUT2D eigenvalue weighted by Gasteiger charge is -2.45. The Bertz CT molecular complexity index is 637. The number of carbonyl (C=O) groups is 1. The molecule has 1 aromatic carbocycles. The second-order valence-electron chi connectivity index (χ2n) is 6.42. The van der Waals surface area contributed by atoms with Crippen LogP contribution in [0.2, 0.25) is 0 Å². The van der Waals surface area contributed by atoms with Crippen molar-refractivity contribution < 1.29 is 14.3 Å². The molecule has 22 heavy (non-hydrogen) atoms. The van der Waals surface area contributed by atoms with Gasteiger partial charge in [-0.1, -0.05) is 25.1 Å². The fraction of sp³-hybridized carbons (Fsp3) is 0.500. The zero-order valence-corrected chi connectivity index (χ0v) is 13.6. The molecule has 0 amide bonds. The van der Waals surface area contributed by atoms with E-state index in [4.69, 9.17) is 9.47 Å². The quantitative estimate of drug-likeness (QED) is 0.868. The molecule has 0 aromatic heterocycles. The van der Waals surface area contributed by atoms with Gasteiger partial charge in [0.15, 0.2) is 5.72 Å². The maximum Gasteiger partial charge on any atom is 0.336 e. The monoisotopic (exact) mass is 301 g/mol. The summed E-state index contributed by atoms with van der Waals surface area (Å²) in [4.78, 5) is 12.6. The topological polar surface area (TPSA) is 47.6 Å². The third-order valence-corrected chi connectivity index (χ3v) is 4.53. The van der Waals surface area contributed by atoms with Crippen LogP contribution in [0.25, 0.3) is 0 Å². The zero-order chi connectivity index (χ0) is 15.9. The molecule has 3 unspecified atom stereocenters. The lowest BCUT2D eigenvalue weighted by molar-refractivity contribution is -0.144. The molecule has 0 aliphatic carbocycles. The molecule has 2 aliphatic rings. The lowest BCUT2D eigenvalue weighted by Crippen LogP contribution is -2.54. The number of carbonyl (C=O) groups excluding carboxylic acids is 1. The summed E-state index contributed by atoms with van der Waals surface area (Å²) in [7, 11) is 0. The van der Waals surface area contributed by atoms with Crippen molar-refractivity contribution in [3.63, 3.8) is 0 Å². The molecule has 0 saturated carbocycles. The van der Waals surface area contributed by atoms with Gasteiger partial charge in [0.2, 0.25) is 0 Å². The van der Waals surface area contributed by atoms with Crippen LogP contribution in [0, 0.1) is 0 Å². The Labute approximate surface area is 131 Å². The summed E-state index contributed by atoms with van der Waals surface area (Å²) in [5, 5.41) is 3.34. The van der Waals surface area contributed by atoms with Crippen molar-refractivity contribution in [2.75, 3.05) is 0 Å². The summed E-state index contributed by atoms with van der Waals surface area (Å²) >= 11 is 0. The molecule has 118 valence electrons. The summed E-state index contributed by atoms with van der Waals surface area (Å²) in [5.74, 6) is 0.644. The van der Waals surface area contributed by atoms with Crippen molar-refractivity contribution in [2.24, 2.45) is 0 Å². The van der Waals surface area contributed by atoms with Crippen molar-refractivity contribution in [3.05, 3.63) is 41.1 Å².